The van der Waals surface area contributed by atoms with Gasteiger partial charge < -0.3 is 4.74 Å². The van der Waals surface area contributed by atoms with Gasteiger partial charge in [-0.15, -0.1) is 0 Å². The molecule has 0 unspecified atom stereocenters. The highest BCUT2D eigenvalue weighted by Crippen LogP contribution is 2.28. The van der Waals surface area contributed by atoms with Crippen LogP contribution in [0, 0.1) is 12.7 Å². The summed E-state index contributed by atoms with van der Waals surface area (Å²) < 4.78 is 20.2. The monoisotopic (exact) mass is 278 g/mol. The van der Waals surface area contributed by atoms with Crippen molar-refractivity contribution in [3.8, 4) is 11.6 Å². The third-order valence-corrected chi connectivity index (χ3v) is 2.93. The van der Waals surface area contributed by atoms with Gasteiger partial charge in [0.05, 0.1) is 0 Å². The van der Waals surface area contributed by atoms with E-state index in [2.05, 4.69) is 15.1 Å². The van der Waals surface area contributed by atoms with E-state index in [1.807, 2.05) is 0 Å². The van der Waals surface area contributed by atoms with E-state index in [-0.39, 0.29) is 11.0 Å². The Bertz CT molecular complexity index is 759. The Morgan fingerprint density at radius 1 is 1.37 bits per heavy atom. The molecule has 2 heterocycles. The smallest absolute Gasteiger partial charge is 0.256 e. The SMILES string of the molecule is Cc1c(Cl)nc2ncnn2c1Oc1cccc(F)c1. The molecule has 0 radical (unpaired) electrons. The van der Waals surface area contributed by atoms with Crippen molar-refractivity contribution in [2.75, 3.05) is 0 Å². The number of aromatic nitrogens is 4. The second kappa shape index (κ2) is 4.47. The summed E-state index contributed by atoms with van der Waals surface area (Å²) in [6.45, 7) is 1.74. The van der Waals surface area contributed by atoms with E-state index in [9.17, 15) is 4.39 Å². The van der Waals surface area contributed by atoms with Crippen LogP contribution in [0.5, 0.6) is 11.6 Å². The van der Waals surface area contributed by atoms with Gasteiger partial charge in [0, 0.05) is 11.6 Å². The average Bonchev–Trinajstić information content (AvgIpc) is 2.83. The van der Waals surface area contributed by atoms with Crippen LogP contribution >= 0.6 is 11.6 Å². The molecule has 0 fully saturated rings. The highest BCUT2D eigenvalue weighted by molar-refractivity contribution is 6.30. The van der Waals surface area contributed by atoms with Gasteiger partial charge in [-0.05, 0) is 19.1 Å². The van der Waals surface area contributed by atoms with Crippen molar-refractivity contribution in [3.63, 3.8) is 0 Å². The number of hydrogen-bond donors (Lipinski definition) is 0. The highest BCUT2D eigenvalue weighted by atomic mass is 35.5. The highest BCUT2D eigenvalue weighted by Gasteiger charge is 2.14. The summed E-state index contributed by atoms with van der Waals surface area (Å²) in [5, 5.41) is 4.28. The Kier molecular flexibility index (Phi) is 2.79. The van der Waals surface area contributed by atoms with Crippen LogP contribution < -0.4 is 4.74 Å². The van der Waals surface area contributed by atoms with E-state index in [1.54, 1.807) is 19.1 Å². The molecule has 3 aromatic rings. The van der Waals surface area contributed by atoms with Gasteiger partial charge in [0.1, 0.15) is 23.0 Å². The molecule has 19 heavy (non-hydrogen) atoms. The minimum Gasteiger partial charge on any atom is -0.438 e. The Balaban J connectivity index is 2.14. The molecule has 96 valence electrons. The maximum absolute atomic E-state index is 13.2. The number of benzene rings is 1. The normalized spacial score (nSPS) is 10.9. The number of halogens is 2. The van der Waals surface area contributed by atoms with Crippen LogP contribution in [0.15, 0.2) is 30.6 Å². The van der Waals surface area contributed by atoms with Crippen LogP contribution in [0.25, 0.3) is 5.78 Å². The van der Waals surface area contributed by atoms with E-state index in [4.69, 9.17) is 16.3 Å². The number of ether oxygens (including phenoxy) is 1. The quantitative estimate of drug-likeness (QED) is 0.676. The lowest BCUT2D eigenvalue weighted by molar-refractivity contribution is 0.438. The molecule has 5 nitrogen and oxygen atoms in total. The summed E-state index contributed by atoms with van der Waals surface area (Å²) in [6, 6.07) is 5.81. The van der Waals surface area contributed by atoms with E-state index in [0.29, 0.717) is 23.0 Å². The van der Waals surface area contributed by atoms with Crippen LogP contribution in [0.1, 0.15) is 5.56 Å². The summed E-state index contributed by atoms with van der Waals surface area (Å²) >= 11 is 6.00. The van der Waals surface area contributed by atoms with Gasteiger partial charge in [0.25, 0.3) is 5.78 Å². The molecule has 0 aliphatic rings. The molecule has 0 bridgehead atoms. The number of rotatable bonds is 2. The first-order valence-corrected chi connectivity index (χ1v) is 5.82. The standard InChI is InChI=1S/C12H8ClFN4O/c1-7-10(13)17-12-15-6-16-18(12)11(7)19-9-4-2-3-8(14)5-9/h2-6H,1H3. The van der Waals surface area contributed by atoms with Crippen LogP contribution in [0.3, 0.4) is 0 Å². The Morgan fingerprint density at radius 3 is 3.00 bits per heavy atom. The molecule has 0 N–H and O–H groups in total. The summed E-state index contributed by atoms with van der Waals surface area (Å²) in [7, 11) is 0. The fourth-order valence-corrected chi connectivity index (χ4v) is 1.79. The molecule has 0 spiro atoms. The van der Waals surface area contributed by atoms with E-state index in [0.717, 1.165) is 0 Å². The molecule has 0 amide bonds. The van der Waals surface area contributed by atoms with E-state index in [1.165, 1.54) is 23.0 Å². The van der Waals surface area contributed by atoms with Crippen molar-refractivity contribution >= 4 is 17.4 Å². The number of fused-ring (bicyclic) bond motifs is 1. The Morgan fingerprint density at radius 2 is 2.21 bits per heavy atom. The zero-order valence-electron chi connectivity index (χ0n) is 9.84. The zero-order chi connectivity index (χ0) is 13.4. The fourth-order valence-electron chi connectivity index (χ4n) is 1.64. The van der Waals surface area contributed by atoms with Gasteiger partial charge in [-0.3, -0.25) is 0 Å². The molecule has 3 rings (SSSR count). The molecule has 0 saturated carbocycles. The van der Waals surface area contributed by atoms with Crippen LogP contribution in [0.4, 0.5) is 4.39 Å². The summed E-state index contributed by atoms with van der Waals surface area (Å²) in [5.74, 6) is 0.646. The zero-order valence-corrected chi connectivity index (χ0v) is 10.6. The molecular weight excluding hydrogens is 271 g/mol. The van der Waals surface area contributed by atoms with Crippen molar-refractivity contribution < 1.29 is 9.13 Å². The first kappa shape index (κ1) is 11.9. The maximum atomic E-state index is 13.2. The van der Waals surface area contributed by atoms with Crippen molar-refractivity contribution in [1.82, 2.24) is 19.6 Å². The van der Waals surface area contributed by atoms with Crippen molar-refractivity contribution in [2.45, 2.75) is 6.92 Å². The molecule has 1 aromatic carbocycles. The predicted molar refractivity (Wildman–Crippen MR) is 67.0 cm³/mol. The van der Waals surface area contributed by atoms with E-state index >= 15 is 0 Å². The Hall–Kier alpha value is -2.21. The van der Waals surface area contributed by atoms with Gasteiger partial charge in [-0.25, -0.2) is 4.39 Å². The van der Waals surface area contributed by atoms with Gasteiger partial charge >= 0.3 is 0 Å². The third kappa shape index (κ3) is 2.10. The topological polar surface area (TPSA) is 52.3 Å². The van der Waals surface area contributed by atoms with Gasteiger partial charge in [-0.2, -0.15) is 19.6 Å². The second-order valence-corrected chi connectivity index (χ2v) is 4.22. The van der Waals surface area contributed by atoms with Crippen LogP contribution in [-0.4, -0.2) is 19.6 Å². The lowest BCUT2D eigenvalue weighted by Gasteiger charge is -2.10. The summed E-state index contributed by atoms with van der Waals surface area (Å²) in [4.78, 5) is 8.00. The largest absolute Gasteiger partial charge is 0.438 e. The minimum absolute atomic E-state index is 0.270. The Labute approximate surface area is 112 Å². The van der Waals surface area contributed by atoms with Crippen LogP contribution in [0.2, 0.25) is 5.15 Å². The third-order valence-electron chi connectivity index (χ3n) is 2.56. The lowest BCUT2D eigenvalue weighted by atomic mass is 10.3. The first-order chi connectivity index (χ1) is 9.15. The van der Waals surface area contributed by atoms with Gasteiger partial charge in [0.2, 0.25) is 5.88 Å². The van der Waals surface area contributed by atoms with Crippen molar-refractivity contribution in [1.29, 1.82) is 0 Å². The van der Waals surface area contributed by atoms with Crippen molar-refractivity contribution in [2.24, 2.45) is 0 Å². The molecule has 0 aliphatic carbocycles. The fraction of sp³-hybridized carbons (Fsp3) is 0.0833. The molecule has 0 saturated heterocycles. The molecular formula is C12H8ClFN4O. The summed E-state index contributed by atoms with van der Waals surface area (Å²) in [6.07, 6.45) is 1.34. The molecule has 7 heteroatoms. The maximum Gasteiger partial charge on any atom is 0.256 e. The lowest BCUT2D eigenvalue weighted by Crippen LogP contribution is -2.01. The van der Waals surface area contributed by atoms with E-state index < -0.39 is 0 Å². The second-order valence-electron chi connectivity index (χ2n) is 3.86. The molecule has 0 aliphatic heterocycles. The number of nitrogens with zero attached hydrogens (tertiary/aromatic N) is 4. The average molecular weight is 279 g/mol. The van der Waals surface area contributed by atoms with Gasteiger partial charge in [-0.1, -0.05) is 17.7 Å². The molecule has 2 aromatic heterocycles. The minimum atomic E-state index is -0.384. The summed E-state index contributed by atoms with van der Waals surface area (Å²) in [5.41, 5.74) is 0.601. The molecule has 0 atom stereocenters. The predicted octanol–water partition coefficient (Wildman–Crippen LogP) is 3.02. The number of hydrogen-bond acceptors (Lipinski definition) is 4. The van der Waals surface area contributed by atoms with Gasteiger partial charge in [0.15, 0.2) is 0 Å². The van der Waals surface area contributed by atoms with Crippen LogP contribution in [-0.2, 0) is 0 Å². The van der Waals surface area contributed by atoms with Crippen molar-refractivity contribution in [3.05, 3.63) is 47.1 Å². The first-order valence-electron chi connectivity index (χ1n) is 5.44.